The van der Waals surface area contributed by atoms with Gasteiger partial charge in [-0.25, -0.2) is 8.78 Å². The Morgan fingerprint density at radius 2 is 1.73 bits per heavy atom. The van der Waals surface area contributed by atoms with Crippen LogP contribution in [0.1, 0.15) is 50.7 Å². The predicted octanol–water partition coefficient (Wildman–Crippen LogP) is 4.70. The second-order valence-electron chi connectivity index (χ2n) is 4.20. The molecule has 0 saturated heterocycles. The van der Waals surface area contributed by atoms with Gasteiger partial charge in [0.1, 0.15) is 0 Å². The van der Waals surface area contributed by atoms with Gasteiger partial charge in [0, 0.05) is 12.5 Å². The van der Waals surface area contributed by atoms with Crippen molar-refractivity contribution in [3.8, 4) is 0 Å². The van der Waals surface area contributed by atoms with E-state index < -0.39 is 5.92 Å². The van der Waals surface area contributed by atoms with Gasteiger partial charge in [0.05, 0.1) is 0 Å². The lowest BCUT2D eigenvalue weighted by Gasteiger charge is -2.14. The van der Waals surface area contributed by atoms with E-state index in [0.717, 1.165) is 25.3 Å². The van der Waals surface area contributed by atoms with Crippen molar-refractivity contribution in [2.24, 2.45) is 0 Å². The van der Waals surface area contributed by atoms with E-state index in [9.17, 15) is 8.78 Å². The molecule has 0 heterocycles. The molecule has 0 amide bonds. The highest BCUT2D eigenvalue weighted by Gasteiger charge is 2.23. The number of hydrogen-bond acceptors (Lipinski definition) is 0. The Morgan fingerprint density at radius 3 is 2.13 bits per heavy atom. The highest BCUT2D eigenvalue weighted by molar-refractivity contribution is 5.27. The van der Waals surface area contributed by atoms with Crippen LogP contribution in [0.15, 0.2) is 24.3 Å². The normalized spacial score (nSPS) is 13.9. The third-order valence-electron chi connectivity index (χ3n) is 2.71. The standard InChI is InChI=1S/C13H18F2/c1-4-5-10(2)11-6-8-12(9-7-11)13(3,14)15/h6-10H,4-5H2,1-3H3. The van der Waals surface area contributed by atoms with Crippen molar-refractivity contribution in [3.05, 3.63) is 35.4 Å². The van der Waals surface area contributed by atoms with Crippen LogP contribution in [-0.4, -0.2) is 0 Å². The third-order valence-corrected chi connectivity index (χ3v) is 2.71. The maximum Gasteiger partial charge on any atom is 0.270 e. The Hall–Kier alpha value is -0.920. The summed E-state index contributed by atoms with van der Waals surface area (Å²) < 4.78 is 25.9. The largest absolute Gasteiger partial charge is 0.270 e. The molecule has 0 aliphatic carbocycles. The van der Waals surface area contributed by atoms with E-state index >= 15 is 0 Å². The van der Waals surface area contributed by atoms with Crippen molar-refractivity contribution in [1.82, 2.24) is 0 Å². The molecule has 0 spiro atoms. The van der Waals surface area contributed by atoms with Gasteiger partial charge >= 0.3 is 0 Å². The van der Waals surface area contributed by atoms with E-state index in [1.165, 1.54) is 12.1 Å². The van der Waals surface area contributed by atoms with E-state index in [0.29, 0.717) is 5.92 Å². The van der Waals surface area contributed by atoms with E-state index in [1.54, 1.807) is 0 Å². The van der Waals surface area contributed by atoms with E-state index in [-0.39, 0.29) is 5.56 Å². The first-order valence-electron chi connectivity index (χ1n) is 5.43. The van der Waals surface area contributed by atoms with Crippen LogP contribution < -0.4 is 0 Å². The SMILES string of the molecule is CCCC(C)c1ccc(C(C)(F)F)cc1. The minimum absolute atomic E-state index is 0.0925. The summed E-state index contributed by atoms with van der Waals surface area (Å²) in [5.41, 5.74) is 1.24. The Morgan fingerprint density at radius 1 is 1.20 bits per heavy atom. The Kier molecular flexibility index (Phi) is 3.83. The molecule has 1 aromatic rings. The second-order valence-corrected chi connectivity index (χ2v) is 4.20. The van der Waals surface area contributed by atoms with Crippen LogP contribution in [0.4, 0.5) is 8.78 Å². The van der Waals surface area contributed by atoms with Gasteiger partial charge < -0.3 is 0 Å². The first-order valence-corrected chi connectivity index (χ1v) is 5.43. The summed E-state index contributed by atoms with van der Waals surface area (Å²) in [7, 11) is 0. The number of rotatable bonds is 4. The number of alkyl halides is 2. The molecule has 1 atom stereocenters. The summed E-state index contributed by atoms with van der Waals surface area (Å²) in [5, 5.41) is 0. The average Bonchev–Trinajstić information content (AvgIpc) is 2.17. The zero-order chi connectivity index (χ0) is 11.5. The number of halogens is 2. The second kappa shape index (κ2) is 4.73. The minimum atomic E-state index is -2.73. The van der Waals surface area contributed by atoms with Gasteiger partial charge in [0.25, 0.3) is 5.92 Å². The smallest absolute Gasteiger partial charge is 0.202 e. The van der Waals surface area contributed by atoms with Crippen LogP contribution >= 0.6 is 0 Å². The van der Waals surface area contributed by atoms with E-state index in [4.69, 9.17) is 0 Å². The van der Waals surface area contributed by atoms with Gasteiger partial charge in [0.15, 0.2) is 0 Å². The van der Waals surface area contributed by atoms with Gasteiger partial charge in [-0.15, -0.1) is 0 Å². The van der Waals surface area contributed by atoms with E-state index in [2.05, 4.69) is 13.8 Å². The molecule has 84 valence electrons. The molecule has 15 heavy (non-hydrogen) atoms. The molecular formula is C13H18F2. The molecule has 0 radical (unpaired) electrons. The lowest BCUT2D eigenvalue weighted by Crippen LogP contribution is -2.06. The fourth-order valence-electron chi connectivity index (χ4n) is 1.70. The minimum Gasteiger partial charge on any atom is -0.202 e. The molecule has 0 aliphatic rings. The Balaban J connectivity index is 2.81. The average molecular weight is 212 g/mol. The maximum absolute atomic E-state index is 12.9. The van der Waals surface area contributed by atoms with Gasteiger partial charge in [-0.1, -0.05) is 44.5 Å². The summed E-state index contributed by atoms with van der Waals surface area (Å²) in [6.07, 6.45) is 2.22. The zero-order valence-corrected chi connectivity index (χ0v) is 9.56. The first kappa shape index (κ1) is 12.2. The van der Waals surface area contributed by atoms with Crippen molar-refractivity contribution in [1.29, 1.82) is 0 Å². The third kappa shape index (κ3) is 3.29. The Labute approximate surface area is 90.3 Å². The summed E-state index contributed by atoms with van der Waals surface area (Å²) in [6.45, 7) is 5.19. The van der Waals surface area contributed by atoms with Crippen molar-refractivity contribution in [2.45, 2.75) is 45.5 Å². The number of hydrogen-bond donors (Lipinski definition) is 0. The van der Waals surface area contributed by atoms with Gasteiger partial charge in [-0.3, -0.25) is 0 Å². The van der Waals surface area contributed by atoms with Crippen LogP contribution in [0, 0.1) is 0 Å². The van der Waals surface area contributed by atoms with Crippen LogP contribution in [0.3, 0.4) is 0 Å². The van der Waals surface area contributed by atoms with Crippen LogP contribution in [-0.2, 0) is 5.92 Å². The van der Waals surface area contributed by atoms with E-state index in [1.807, 2.05) is 12.1 Å². The van der Waals surface area contributed by atoms with Crippen LogP contribution in [0.2, 0.25) is 0 Å². The summed E-state index contributed by atoms with van der Waals surface area (Å²) in [6, 6.07) is 6.68. The fraction of sp³-hybridized carbons (Fsp3) is 0.538. The molecule has 0 saturated carbocycles. The first-order chi connectivity index (χ1) is 6.95. The molecule has 0 aliphatic heterocycles. The molecule has 2 heteroatoms. The topological polar surface area (TPSA) is 0 Å². The van der Waals surface area contributed by atoms with Crippen LogP contribution in [0.25, 0.3) is 0 Å². The van der Waals surface area contributed by atoms with Crippen molar-refractivity contribution >= 4 is 0 Å². The molecule has 0 fully saturated rings. The lowest BCUT2D eigenvalue weighted by atomic mass is 9.95. The maximum atomic E-state index is 12.9. The Bertz CT molecular complexity index is 295. The monoisotopic (exact) mass is 212 g/mol. The van der Waals surface area contributed by atoms with Gasteiger partial charge in [-0.2, -0.15) is 0 Å². The lowest BCUT2D eigenvalue weighted by molar-refractivity contribution is 0.0174. The molecular weight excluding hydrogens is 194 g/mol. The van der Waals surface area contributed by atoms with Crippen molar-refractivity contribution < 1.29 is 8.78 Å². The molecule has 0 nitrogen and oxygen atoms in total. The fourth-order valence-corrected chi connectivity index (χ4v) is 1.70. The van der Waals surface area contributed by atoms with Gasteiger partial charge in [-0.05, 0) is 17.9 Å². The molecule has 0 aromatic heterocycles. The van der Waals surface area contributed by atoms with Crippen molar-refractivity contribution in [2.75, 3.05) is 0 Å². The van der Waals surface area contributed by atoms with Gasteiger partial charge in [0.2, 0.25) is 0 Å². The zero-order valence-electron chi connectivity index (χ0n) is 9.56. The highest BCUT2D eigenvalue weighted by Crippen LogP contribution is 2.28. The molecule has 1 aromatic carbocycles. The number of benzene rings is 1. The van der Waals surface area contributed by atoms with Crippen LogP contribution in [0.5, 0.6) is 0 Å². The highest BCUT2D eigenvalue weighted by atomic mass is 19.3. The summed E-state index contributed by atoms with van der Waals surface area (Å²) >= 11 is 0. The molecule has 0 bridgehead atoms. The molecule has 1 unspecified atom stereocenters. The predicted molar refractivity (Wildman–Crippen MR) is 59.3 cm³/mol. The quantitative estimate of drug-likeness (QED) is 0.678. The summed E-state index contributed by atoms with van der Waals surface area (Å²) in [5.74, 6) is -2.28. The van der Waals surface area contributed by atoms with Crippen molar-refractivity contribution in [3.63, 3.8) is 0 Å². The molecule has 0 N–H and O–H groups in total. The summed E-state index contributed by atoms with van der Waals surface area (Å²) in [4.78, 5) is 0. The molecule has 1 rings (SSSR count).